The van der Waals surface area contributed by atoms with Crippen LogP contribution in [0, 0.1) is 5.82 Å². The van der Waals surface area contributed by atoms with Crippen LogP contribution in [0.25, 0.3) is 0 Å². The number of piperidine rings is 1. The van der Waals surface area contributed by atoms with Gasteiger partial charge in [0.15, 0.2) is 11.5 Å². The third-order valence-electron chi connectivity index (χ3n) is 4.81. The number of fused-ring (bicyclic) bond motifs is 1. The molecule has 1 saturated heterocycles. The monoisotopic (exact) mass is 347 g/mol. The first-order valence-corrected chi connectivity index (χ1v) is 8.62. The number of hydrogen-bond donors (Lipinski definition) is 1. The van der Waals surface area contributed by atoms with Gasteiger partial charge in [0, 0.05) is 17.5 Å². The van der Waals surface area contributed by atoms with Gasteiger partial charge in [-0.15, -0.1) is 0 Å². The molecular weight excluding hydrogens is 329 g/mol. The SMILES string of the molecule is C[C@]1(c2ccc(Cl)cc2F)Oc2cccc(C3CCNCC3)c2O1. The van der Waals surface area contributed by atoms with Crippen LogP contribution in [0.15, 0.2) is 36.4 Å². The van der Waals surface area contributed by atoms with Gasteiger partial charge in [0.1, 0.15) is 5.82 Å². The van der Waals surface area contributed by atoms with Gasteiger partial charge in [0.2, 0.25) is 0 Å². The van der Waals surface area contributed by atoms with Crippen LogP contribution in [0.3, 0.4) is 0 Å². The molecule has 126 valence electrons. The summed E-state index contributed by atoms with van der Waals surface area (Å²) in [5, 5.41) is 3.73. The van der Waals surface area contributed by atoms with E-state index in [2.05, 4.69) is 11.4 Å². The number of nitrogens with one attached hydrogen (secondary N) is 1. The van der Waals surface area contributed by atoms with Gasteiger partial charge < -0.3 is 14.8 Å². The summed E-state index contributed by atoms with van der Waals surface area (Å²) in [5.74, 6) is 0.229. The van der Waals surface area contributed by atoms with Crippen molar-refractivity contribution in [2.24, 2.45) is 0 Å². The highest BCUT2D eigenvalue weighted by atomic mass is 35.5. The molecule has 1 fully saturated rings. The van der Waals surface area contributed by atoms with Gasteiger partial charge in [-0.05, 0) is 56.1 Å². The van der Waals surface area contributed by atoms with E-state index in [0.29, 0.717) is 22.3 Å². The van der Waals surface area contributed by atoms with Crippen molar-refractivity contribution in [3.63, 3.8) is 0 Å². The van der Waals surface area contributed by atoms with E-state index in [4.69, 9.17) is 21.1 Å². The predicted molar refractivity (Wildman–Crippen MR) is 91.3 cm³/mol. The average Bonchev–Trinajstić information content (AvgIpc) is 2.92. The van der Waals surface area contributed by atoms with Crippen LogP contribution in [0.2, 0.25) is 5.02 Å². The normalized spacial score (nSPS) is 23.5. The third kappa shape index (κ3) is 2.64. The van der Waals surface area contributed by atoms with Crippen LogP contribution >= 0.6 is 11.6 Å². The lowest BCUT2D eigenvalue weighted by molar-refractivity contribution is -0.0711. The summed E-state index contributed by atoms with van der Waals surface area (Å²) < 4.78 is 26.5. The molecule has 0 aromatic heterocycles. The van der Waals surface area contributed by atoms with E-state index in [-0.39, 0.29) is 0 Å². The first kappa shape index (κ1) is 15.7. The Balaban J connectivity index is 1.70. The zero-order valence-corrected chi connectivity index (χ0v) is 14.2. The average molecular weight is 348 g/mol. The van der Waals surface area contributed by atoms with E-state index in [1.807, 2.05) is 12.1 Å². The Kier molecular flexibility index (Phi) is 3.89. The van der Waals surface area contributed by atoms with Crippen molar-refractivity contribution in [1.29, 1.82) is 0 Å². The molecule has 2 aromatic rings. The first-order chi connectivity index (χ1) is 11.6. The Morgan fingerprint density at radius 3 is 2.71 bits per heavy atom. The Hall–Kier alpha value is -1.78. The van der Waals surface area contributed by atoms with Gasteiger partial charge in [-0.25, -0.2) is 4.39 Å². The highest BCUT2D eigenvalue weighted by Gasteiger charge is 2.42. The molecule has 24 heavy (non-hydrogen) atoms. The van der Waals surface area contributed by atoms with Crippen molar-refractivity contribution >= 4 is 11.6 Å². The molecule has 1 N–H and O–H groups in total. The van der Waals surface area contributed by atoms with E-state index in [9.17, 15) is 4.39 Å². The molecule has 0 unspecified atom stereocenters. The number of halogens is 2. The largest absolute Gasteiger partial charge is 0.444 e. The molecule has 2 aliphatic heterocycles. The molecule has 1 atom stereocenters. The zero-order chi connectivity index (χ0) is 16.7. The number of ether oxygens (including phenoxy) is 2. The highest BCUT2D eigenvalue weighted by molar-refractivity contribution is 6.30. The lowest BCUT2D eigenvalue weighted by atomic mass is 9.89. The van der Waals surface area contributed by atoms with Gasteiger partial charge in [0.25, 0.3) is 5.79 Å². The zero-order valence-electron chi connectivity index (χ0n) is 13.4. The smallest absolute Gasteiger partial charge is 0.278 e. The minimum absolute atomic E-state index is 0.347. The van der Waals surface area contributed by atoms with E-state index in [0.717, 1.165) is 37.2 Å². The highest BCUT2D eigenvalue weighted by Crippen LogP contribution is 2.49. The summed E-state index contributed by atoms with van der Waals surface area (Å²) in [4.78, 5) is 0. The van der Waals surface area contributed by atoms with Gasteiger partial charge in [-0.2, -0.15) is 0 Å². The van der Waals surface area contributed by atoms with Crippen LogP contribution < -0.4 is 14.8 Å². The van der Waals surface area contributed by atoms with Crippen molar-refractivity contribution in [1.82, 2.24) is 5.32 Å². The summed E-state index contributed by atoms with van der Waals surface area (Å²) in [6.45, 7) is 3.74. The summed E-state index contributed by atoms with van der Waals surface area (Å²) >= 11 is 5.86. The van der Waals surface area contributed by atoms with Crippen molar-refractivity contribution in [3.05, 3.63) is 58.4 Å². The van der Waals surface area contributed by atoms with E-state index < -0.39 is 11.6 Å². The maximum atomic E-state index is 14.4. The van der Waals surface area contributed by atoms with Crippen LogP contribution in [0.5, 0.6) is 11.5 Å². The molecule has 2 aromatic carbocycles. The summed E-state index contributed by atoms with van der Waals surface area (Å²) in [5.41, 5.74) is 1.49. The topological polar surface area (TPSA) is 30.5 Å². The molecule has 5 heteroatoms. The predicted octanol–water partition coefficient (Wildman–Crippen LogP) is 4.59. The summed E-state index contributed by atoms with van der Waals surface area (Å²) in [6.07, 6.45) is 2.12. The number of rotatable bonds is 2. The summed E-state index contributed by atoms with van der Waals surface area (Å²) in [7, 11) is 0. The first-order valence-electron chi connectivity index (χ1n) is 8.24. The second kappa shape index (κ2) is 5.94. The van der Waals surface area contributed by atoms with Crippen LogP contribution in [0.4, 0.5) is 4.39 Å². The number of benzene rings is 2. The lowest BCUT2D eigenvalue weighted by Crippen LogP contribution is -2.33. The fraction of sp³-hybridized carbons (Fsp3) is 0.368. The third-order valence-corrected chi connectivity index (χ3v) is 5.05. The quantitative estimate of drug-likeness (QED) is 0.861. The molecule has 2 aliphatic rings. The molecule has 0 spiro atoms. The van der Waals surface area contributed by atoms with Crippen LogP contribution in [-0.4, -0.2) is 13.1 Å². The summed E-state index contributed by atoms with van der Waals surface area (Å²) in [6, 6.07) is 10.5. The van der Waals surface area contributed by atoms with Crippen molar-refractivity contribution < 1.29 is 13.9 Å². The van der Waals surface area contributed by atoms with E-state index >= 15 is 0 Å². The van der Waals surface area contributed by atoms with Crippen molar-refractivity contribution in [2.75, 3.05) is 13.1 Å². The Morgan fingerprint density at radius 1 is 1.17 bits per heavy atom. The van der Waals surface area contributed by atoms with E-state index in [1.54, 1.807) is 19.1 Å². The minimum atomic E-state index is -1.18. The number of para-hydroxylation sites is 1. The molecule has 0 bridgehead atoms. The second-order valence-electron chi connectivity index (χ2n) is 6.47. The van der Waals surface area contributed by atoms with E-state index in [1.165, 1.54) is 6.07 Å². The maximum Gasteiger partial charge on any atom is 0.278 e. The fourth-order valence-corrected chi connectivity index (χ4v) is 3.73. The molecule has 0 amide bonds. The fourth-order valence-electron chi connectivity index (χ4n) is 3.57. The van der Waals surface area contributed by atoms with Gasteiger partial charge >= 0.3 is 0 Å². The number of hydrogen-bond acceptors (Lipinski definition) is 3. The lowest BCUT2D eigenvalue weighted by Gasteiger charge is -2.26. The molecule has 3 nitrogen and oxygen atoms in total. The Bertz CT molecular complexity index is 776. The Labute approximate surface area is 145 Å². The van der Waals surface area contributed by atoms with Gasteiger partial charge in [0.05, 0.1) is 5.56 Å². The molecule has 4 rings (SSSR count). The molecule has 0 saturated carbocycles. The Morgan fingerprint density at radius 2 is 1.96 bits per heavy atom. The molecule has 0 aliphatic carbocycles. The minimum Gasteiger partial charge on any atom is -0.444 e. The van der Waals surface area contributed by atoms with Crippen molar-refractivity contribution in [2.45, 2.75) is 31.5 Å². The van der Waals surface area contributed by atoms with Crippen molar-refractivity contribution in [3.8, 4) is 11.5 Å². The van der Waals surface area contributed by atoms with Crippen LogP contribution in [-0.2, 0) is 5.79 Å². The van der Waals surface area contributed by atoms with Gasteiger partial charge in [-0.3, -0.25) is 0 Å². The van der Waals surface area contributed by atoms with Gasteiger partial charge in [-0.1, -0.05) is 23.7 Å². The van der Waals surface area contributed by atoms with Crippen LogP contribution in [0.1, 0.15) is 36.8 Å². The standard InChI is InChI=1S/C19H19ClFNO2/c1-19(15-6-5-13(20)11-16(15)21)23-17-4-2-3-14(18(17)24-19)12-7-9-22-10-8-12/h2-6,11-12,22H,7-10H2,1H3/t19-/m0/s1. The maximum absolute atomic E-state index is 14.4. The second-order valence-corrected chi connectivity index (χ2v) is 6.91. The molecule has 0 radical (unpaired) electrons. The molecule has 2 heterocycles. The molecular formula is C19H19ClFNO2.